The number of rotatable bonds is 6. The van der Waals surface area contributed by atoms with Crippen molar-refractivity contribution in [3.63, 3.8) is 0 Å². The molecule has 0 bridgehead atoms. The summed E-state index contributed by atoms with van der Waals surface area (Å²) in [5, 5.41) is 17.9. The van der Waals surface area contributed by atoms with Gasteiger partial charge in [-0.25, -0.2) is 4.39 Å². The summed E-state index contributed by atoms with van der Waals surface area (Å²) in [5.41, 5.74) is 0.923. The average Bonchev–Trinajstić information content (AvgIpc) is 2.48. The Morgan fingerprint density at radius 3 is 2.33 bits per heavy atom. The molecule has 21 heavy (non-hydrogen) atoms. The third kappa shape index (κ3) is 4.21. The summed E-state index contributed by atoms with van der Waals surface area (Å²) >= 11 is 0. The monoisotopic (exact) mass is 290 g/mol. The summed E-state index contributed by atoms with van der Waals surface area (Å²) in [6, 6.07) is 11.3. The van der Waals surface area contributed by atoms with Crippen LogP contribution in [-0.2, 0) is 0 Å². The van der Waals surface area contributed by atoms with Gasteiger partial charge in [-0.3, -0.25) is 0 Å². The first-order valence-electron chi connectivity index (χ1n) is 6.55. The van der Waals surface area contributed by atoms with E-state index in [4.69, 9.17) is 19.5 Å². The third-order valence-electron chi connectivity index (χ3n) is 2.94. The maximum absolute atomic E-state index is 13.7. The highest BCUT2D eigenvalue weighted by molar-refractivity contribution is 6.58. The number of hydrogen-bond donors (Lipinski definition) is 2. The van der Waals surface area contributed by atoms with Crippen molar-refractivity contribution in [2.45, 2.75) is 6.92 Å². The fraction of sp³-hybridized carbons (Fsp3) is 0.200. The lowest BCUT2D eigenvalue weighted by atomic mass is 9.80. The zero-order valence-electron chi connectivity index (χ0n) is 11.6. The van der Waals surface area contributed by atoms with E-state index in [-0.39, 0.29) is 24.8 Å². The van der Waals surface area contributed by atoms with E-state index in [0.29, 0.717) is 16.8 Å². The molecule has 110 valence electrons. The van der Waals surface area contributed by atoms with Crippen LogP contribution in [-0.4, -0.2) is 30.4 Å². The first-order valence-corrected chi connectivity index (χ1v) is 6.55. The molecule has 0 radical (unpaired) electrons. The largest absolute Gasteiger partial charge is 0.490 e. The zero-order chi connectivity index (χ0) is 15.2. The molecule has 2 aromatic rings. The van der Waals surface area contributed by atoms with Crippen molar-refractivity contribution in [3.8, 4) is 11.5 Å². The molecule has 0 saturated carbocycles. The van der Waals surface area contributed by atoms with Crippen LogP contribution in [0.2, 0.25) is 0 Å². The summed E-state index contributed by atoms with van der Waals surface area (Å²) in [4.78, 5) is 0. The van der Waals surface area contributed by atoms with Gasteiger partial charge in [0.05, 0.1) is 0 Å². The fourth-order valence-corrected chi connectivity index (χ4v) is 1.78. The van der Waals surface area contributed by atoms with E-state index in [2.05, 4.69) is 0 Å². The Labute approximate surface area is 122 Å². The molecule has 0 unspecified atom stereocenters. The lowest BCUT2D eigenvalue weighted by Gasteiger charge is -2.10. The van der Waals surface area contributed by atoms with E-state index >= 15 is 0 Å². The minimum atomic E-state index is -1.49. The Balaban J connectivity index is 1.80. The molecule has 0 fully saturated rings. The Morgan fingerprint density at radius 2 is 1.67 bits per heavy atom. The van der Waals surface area contributed by atoms with Gasteiger partial charge < -0.3 is 19.5 Å². The molecule has 2 rings (SSSR count). The molecule has 0 spiro atoms. The summed E-state index contributed by atoms with van der Waals surface area (Å²) in [6.45, 7) is 2.15. The Kier molecular flexibility index (Phi) is 5.19. The van der Waals surface area contributed by atoms with Gasteiger partial charge in [0.15, 0.2) is 11.6 Å². The lowest BCUT2D eigenvalue weighted by Crippen LogP contribution is -2.29. The van der Waals surface area contributed by atoms with Crippen LogP contribution in [0.4, 0.5) is 4.39 Å². The molecule has 0 aromatic heterocycles. The highest BCUT2D eigenvalue weighted by Crippen LogP contribution is 2.19. The highest BCUT2D eigenvalue weighted by atomic mass is 19.1. The van der Waals surface area contributed by atoms with Crippen LogP contribution in [0.3, 0.4) is 0 Å². The van der Waals surface area contributed by atoms with Crippen molar-refractivity contribution in [1.82, 2.24) is 0 Å². The molecule has 0 aliphatic heterocycles. The van der Waals surface area contributed by atoms with Gasteiger partial charge in [-0.15, -0.1) is 0 Å². The van der Waals surface area contributed by atoms with Gasteiger partial charge in [0.25, 0.3) is 0 Å². The van der Waals surface area contributed by atoms with E-state index in [1.807, 2.05) is 0 Å². The van der Waals surface area contributed by atoms with Gasteiger partial charge >= 0.3 is 7.12 Å². The molecule has 0 atom stereocenters. The average molecular weight is 290 g/mol. The van der Waals surface area contributed by atoms with Gasteiger partial charge in [-0.2, -0.15) is 0 Å². The van der Waals surface area contributed by atoms with Crippen LogP contribution in [0.15, 0.2) is 42.5 Å². The van der Waals surface area contributed by atoms with Crippen molar-refractivity contribution in [1.29, 1.82) is 0 Å². The van der Waals surface area contributed by atoms with Gasteiger partial charge in [0.2, 0.25) is 0 Å². The number of aryl methyl sites for hydroxylation is 1. The fourth-order valence-electron chi connectivity index (χ4n) is 1.78. The highest BCUT2D eigenvalue weighted by Gasteiger charge is 2.10. The van der Waals surface area contributed by atoms with E-state index in [9.17, 15) is 4.39 Å². The van der Waals surface area contributed by atoms with Gasteiger partial charge in [0, 0.05) is 0 Å². The first-order chi connectivity index (χ1) is 10.1. The molecule has 4 nitrogen and oxygen atoms in total. The van der Waals surface area contributed by atoms with Gasteiger partial charge in [-0.05, 0) is 36.1 Å². The van der Waals surface area contributed by atoms with Crippen LogP contribution in [0.25, 0.3) is 0 Å². The summed E-state index contributed by atoms with van der Waals surface area (Å²) in [5.74, 6) is 0.420. The molecule has 0 saturated heterocycles. The third-order valence-corrected chi connectivity index (χ3v) is 2.94. The van der Waals surface area contributed by atoms with Crippen LogP contribution in [0, 0.1) is 12.7 Å². The molecule has 2 N–H and O–H groups in total. The van der Waals surface area contributed by atoms with Crippen LogP contribution in [0.5, 0.6) is 11.5 Å². The van der Waals surface area contributed by atoms with Crippen LogP contribution in [0.1, 0.15) is 5.56 Å². The van der Waals surface area contributed by atoms with Crippen molar-refractivity contribution < 1.29 is 23.9 Å². The summed E-state index contributed by atoms with van der Waals surface area (Å²) < 4.78 is 24.4. The van der Waals surface area contributed by atoms with Crippen molar-refractivity contribution >= 4 is 12.6 Å². The molecule has 6 heteroatoms. The summed E-state index contributed by atoms with van der Waals surface area (Å²) in [6.07, 6.45) is 0. The second-order valence-corrected chi connectivity index (χ2v) is 4.53. The Bertz CT molecular complexity index is 587. The maximum Gasteiger partial charge on any atom is 0.488 e. The lowest BCUT2D eigenvalue weighted by molar-refractivity contribution is 0.211. The smallest absolute Gasteiger partial charge is 0.488 e. The Morgan fingerprint density at radius 1 is 1.00 bits per heavy atom. The van der Waals surface area contributed by atoms with Crippen LogP contribution < -0.4 is 14.9 Å². The number of hydrogen-bond acceptors (Lipinski definition) is 4. The van der Waals surface area contributed by atoms with E-state index < -0.39 is 7.12 Å². The van der Waals surface area contributed by atoms with Gasteiger partial charge in [-0.1, -0.05) is 24.3 Å². The van der Waals surface area contributed by atoms with Crippen molar-refractivity contribution in [2.24, 2.45) is 0 Å². The van der Waals surface area contributed by atoms with E-state index in [1.165, 1.54) is 0 Å². The SMILES string of the molecule is Cc1cccc(OCCOc2ccc(B(O)O)cc2)c1F. The molecule has 0 aliphatic rings. The molecule has 0 heterocycles. The van der Waals surface area contributed by atoms with E-state index in [1.54, 1.807) is 49.4 Å². The first kappa shape index (κ1) is 15.3. The summed E-state index contributed by atoms with van der Waals surface area (Å²) in [7, 11) is -1.49. The second kappa shape index (κ2) is 7.10. The minimum Gasteiger partial charge on any atom is -0.490 e. The molecule has 0 amide bonds. The zero-order valence-corrected chi connectivity index (χ0v) is 11.6. The standard InChI is InChI=1S/C15H16BFO4/c1-11-3-2-4-14(15(11)17)21-10-9-20-13-7-5-12(6-8-13)16(18)19/h2-8,18-19H,9-10H2,1H3. The van der Waals surface area contributed by atoms with Crippen molar-refractivity contribution in [2.75, 3.05) is 13.2 Å². The maximum atomic E-state index is 13.7. The normalized spacial score (nSPS) is 10.3. The quantitative estimate of drug-likeness (QED) is 0.621. The number of benzene rings is 2. The van der Waals surface area contributed by atoms with Gasteiger partial charge in [0.1, 0.15) is 19.0 Å². The molecule has 0 aliphatic carbocycles. The van der Waals surface area contributed by atoms with E-state index in [0.717, 1.165) is 0 Å². The molecule has 2 aromatic carbocycles. The Hall–Kier alpha value is -2.05. The molecular formula is C15H16BFO4. The number of halogens is 1. The van der Waals surface area contributed by atoms with Crippen LogP contribution >= 0.6 is 0 Å². The van der Waals surface area contributed by atoms with Crippen molar-refractivity contribution in [3.05, 3.63) is 53.8 Å². The number of ether oxygens (including phenoxy) is 2. The topological polar surface area (TPSA) is 58.9 Å². The minimum absolute atomic E-state index is 0.206. The predicted octanol–water partition coefficient (Wildman–Crippen LogP) is 1.27. The molecular weight excluding hydrogens is 274 g/mol. The predicted molar refractivity (Wildman–Crippen MR) is 78.4 cm³/mol. The second-order valence-electron chi connectivity index (χ2n) is 4.53.